The van der Waals surface area contributed by atoms with Crippen molar-refractivity contribution in [3.63, 3.8) is 0 Å². The Balaban J connectivity index is 1.23. The molecular formula is C23H28BrN3O. The van der Waals surface area contributed by atoms with Crippen molar-refractivity contribution in [1.82, 2.24) is 14.8 Å². The van der Waals surface area contributed by atoms with Crippen LogP contribution in [-0.4, -0.2) is 53.4 Å². The highest BCUT2D eigenvalue weighted by Gasteiger charge is 2.46. The molecule has 0 unspecified atom stereocenters. The van der Waals surface area contributed by atoms with E-state index in [1.165, 1.54) is 11.1 Å². The Labute approximate surface area is 176 Å². The van der Waals surface area contributed by atoms with Gasteiger partial charge < -0.3 is 9.80 Å². The minimum atomic E-state index is 0.177. The predicted octanol–water partition coefficient (Wildman–Crippen LogP) is 4.11. The molecule has 1 aliphatic heterocycles. The number of rotatable bonds is 6. The van der Waals surface area contributed by atoms with E-state index in [9.17, 15) is 4.79 Å². The maximum absolute atomic E-state index is 12.9. The number of likely N-dealkylation sites (tertiary alicyclic amines) is 1. The largest absolute Gasteiger partial charge is 0.342 e. The number of benzene rings is 1. The van der Waals surface area contributed by atoms with E-state index in [4.69, 9.17) is 0 Å². The Morgan fingerprint density at radius 1 is 1.14 bits per heavy atom. The number of piperidine rings is 1. The second-order valence-corrected chi connectivity index (χ2v) is 9.04. The molecule has 0 radical (unpaired) electrons. The van der Waals surface area contributed by atoms with Crippen LogP contribution in [0.15, 0.2) is 53.3 Å². The van der Waals surface area contributed by atoms with Crippen LogP contribution in [0.5, 0.6) is 0 Å². The van der Waals surface area contributed by atoms with Crippen LogP contribution in [0.4, 0.5) is 0 Å². The molecule has 2 heterocycles. The molecule has 0 bridgehead atoms. The molecule has 2 atom stereocenters. The van der Waals surface area contributed by atoms with Crippen LogP contribution in [0.25, 0.3) is 0 Å². The van der Waals surface area contributed by atoms with Crippen molar-refractivity contribution in [2.24, 2.45) is 5.92 Å². The number of carbonyl (C=O) groups is 1. The molecule has 4 rings (SSSR count). The highest BCUT2D eigenvalue weighted by Crippen LogP contribution is 2.48. The minimum Gasteiger partial charge on any atom is -0.342 e. The van der Waals surface area contributed by atoms with Gasteiger partial charge in [0, 0.05) is 55.5 Å². The van der Waals surface area contributed by atoms with Gasteiger partial charge in [0.15, 0.2) is 0 Å². The van der Waals surface area contributed by atoms with Gasteiger partial charge in [-0.3, -0.25) is 9.78 Å². The van der Waals surface area contributed by atoms with E-state index in [0.29, 0.717) is 17.9 Å². The molecule has 0 spiro atoms. The van der Waals surface area contributed by atoms with Gasteiger partial charge in [0.25, 0.3) is 0 Å². The lowest BCUT2D eigenvalue weighted by atomic mass is 10.0. The fraction of sp³-hybridized carbons (Fsp3) is 0.478. The summed E-state index contributed by atoms with van der Waals surface area (Å²) >= 11 is 3.48. The van der Waals surface area contributed by atoms with E-state index in [2.05, 4.69) is 62.2 Å². The van der Waals surface area contributed by atoms with Gasteiger partial charge in [0.05, 0.1) is 0 Å². The normalized spacial score (nSPS) is 22.8. The van der Waals surface area contributed by atoms with Crippen LogP contribution in [0, 0.1) is 5.92 Å². The molecule has 4 nitrogen and oxygen atoms in total. The molecule has 2 aromatic rings. The number of hydrogen-bond donors (Lipinski definition) is 0. The zero-order valence-corrected chi connectivity index (χ0v) is 18.0. The number of halogens is 1. The number of hydrogen-bond acceptors (Lipinski definition) is 3. The predicted molar refractivity (Wildman–Crippen MR) is 115 cm³/mol. The Morgan fingerprint density at radius 3 is 2.50 bits per heavy atom. The van der Waals surface area contributed by atoms with Gasteiger partial charge in [-0.2, -0.15) is 0 Å². The summed E-state index contributed by atoms with van der Waals surface area (Å²) in [4.78, 5) is 21.6. The van der Waals surface area contributed by atoms with E-state index in [1.807, 2.05) is 24.3 Å². The standard InChI is InChI=1S/C23H28BrN3O/c1-26(23(28)22-16-21(22)18-2-4-19(24)5-3-18)20-9-14-27(15-10-20)13-8-17-6-11-25-12-7-17/h2-7,11-12,20-22H,8-10,13-16H2,1H3/t21-,22+/m1/s1. The maximum Gasteiger partial charge on any atom is 0.226 e. The molecule has 1 amide bonds. The lowest BCUT2D eigenvalue weighted by Crippen LogP contribution is -2.46. The first-order valence-corrected chi connectivity index (χ1v) is 11.0. The summed E-state index contributed by atoms with van der Waals surface area (Å²) in [5, 5.41) is 0. The minimum absolute atomic E-state index is 0.177. The van der Waals surface area contributed by atoms with Crippen molar-refractivity contribution in [1.29, 1.82) is 0 Å². The summed E-state index contributed by atoms with van der Waals surface area (Å²) in [7, 11) is 2.01. The number of aromatic nitrogens is 1. The van der Waals surface area contributed by atoms with Crippen LogP contribution in [-0.2, 0) is 11.2 Å². The van der Waals surface area contributed by atoms with E-state index < -0.39 is 0 Å². The summed E-state index contributed by atoms with van der Waals surface area (Å²) in [5.41, 5.74) is 2.64. The smallest absolute Gasteiger partial charge is 0.226 e. The lowest BCUT2D eigenvalue weighted by molar-refractivity contribution is -0.134. The van der Waals surface area contributed by atoms with Crippen LogP contribution in [0.3, 0.4) is 0 Å². The van der Waals surface area contributed by atoms with Crippen LogP contribution in [0.2, 0.25) is 0 Å². The van der Waals surface area contributed by atoms with Crippen LogP contribution in [0.1, 0.15) is 36.3 Å². The highest BCUT2D eigenvalue weighted by molar-refractivity contribution is 9.10. The van der Waals surface area contributed by atoms with Crippen molar-refractivity contribution >= 4 is 21.8 Å². The second-order valence-electron chi connectivity index (χ2n) is 8.13. The zero-order valence-electron chi connectivity index (χ0n) is 16.4. The summed E-state index contributed by atoms with van der Waals surface area (Å²) in [6.07, 6.45) is 7.94. The van der Waals surface area contributed by atoms with Crippen molar-refractivity contribution in [2.75, 3.05) is 26.7 Å². The molecule has 1 saturated heterocycles. The topological polar surface area (TPSA) is 36.4 Å². The first-order chi connectivity index (χ1) is 13.6. The molecule has 1 aromatic heterocycles. The van der Waals surface area contributed by atoms with E-state index in [1.54, 1.807) is 0 Å². The molecule has 5 heteroatoms. The highest BCUT2D eigenvalue weighted by atomic mass is 79.9. The third kappa shape index (κ3) is 4.64. The van der Waals surface area contributed by atoms with Gasteiger partial charge >= 0.3 is 0 Å². The van der Waals surface area contributed by atoms with Gasteiger partial charge in [-0.25, -0.2) is 0 Å². The van der Waals surface area contributed by atoms with Crippen molar-refractivity contribution < 1.29 is 4.79 Å². The molecule has 2 aliphatic rings. The third-order valence-corrected chi connectivity index (χ3v) is 6.85. The number of amides is 1. The van der Waals surface area contributed by atoms with Gasteiger partial charge in [-0.1, -0.05) is 28.1 Å². The summed E-state index contributed by atoms with van der Waals surface area (Å²) in [6, 6.07) is 13.0. The summed E-state index contributed by atoms with van der Waals surface area (Å²) in [6.45, 7) is 3.24. The average molecular weight is 442 g/mol. The van der Waals surface area contributed by atoms with E-state index >= 15 is 0 Å². The first-order valence-electron chi connectivity index (χ1n) is 10.2. The van der Waals surface area contributed by atoms with Gasteiger partial charge in [0.1, 0.15) is 0 Å². The average Bonchev–Trinajstić information content (AvgIpc) is 3.54. The molecular weight excluding hydrogens is 414 g/mol. The van der Waals surface area contributed by atoms with E-state index in [0.717, 1.165) is 49.8 Å². The lowest BCUT2D eigenvalue weighted by Gasteiger charge is -2.37. The molecule has 148 valence electrons. The Bertz CT molecular complexity index is 787. The van der Waals surface area contributed by atoms with Gasteiger partial charge in [-0.15, -0.1) is 0 Å². The maximum atomic E-state index is 12.9. The van der Waals surface area contributed by atoms with Crippen molar-refractivity contribution in [3.05, 3.63) is 64.4 Å². The zero-order chi connectivity index (χ0) is 19.5. The molecule has 1 aromatic carbocycles. The Hall–Kier alpha value is -1.72. The summed E-state index contributed by atoms with van der Waals surface area (Å²) in [5.74, 6) is 0.919. The number of carbonyl (C=O) groups excluding carboxylic acids is 1. The number of pyridine rings is 1. The SMILES string of the molecule is CN(C(=O)[C@H]1C[C@@H]1c1ccc(Br)cc1)C1CCN(CCc2ccncc2)CC1. The Morgan fingerprint density at radius 2 is 1.82 bits per heavy atom. The molecule has 0 N–H and O–H groups in total. The monoisotopic (exact) mass is 441 g/mol. The van der Waals surface area contributed by atoms with Crippen molar-refractivity contribution in [2.45, 2.75) is 37.6 Å². The molecule has 1 aliphatic carbocycles. The Kier molecular flexibility index (Phi) is 6.12. The van der Waals surface area contributed by atoms with Crippen LogP contribution < -0.4 is 0 Å². The third-order valence-electron chi connectivity index (χ3n) is 6.32. The fourth-order valence-electron chi connectivity index (χ4n) is 4.35. The molecule has 1 saturated carbocycles. The second kappa shape index (κ2) is 8.75. The van der Waals surface area contributed by atoms with Gasteiger partial charge in [-0.05, 0) is 67.0 Å². The first kappa shape index (κ1) is 19.6. The quantitative estimate of drug-likeness (QED) is 0.676. The molecule has 28 heavy (non-hydrogen) atoms. The summed E-state index contributed by atoms with van der Waals surface area (Å²) < 4.78 is 1.09. The molecule has 2 fully saturated rings. The van der Waals surface area contributed by atoms with Crippen molar-refractivity contribution in [3.8, 4) is 0 Å². The van der Waals surface area contributed by atoms with Gasteiger partial charge in [0.2, 0.25) is 5.91 Å². The number of nitrogens with zero attached hydrogens (tertiary/aromatic N) is 3. The fourth-order valence-corrected chi connectivity index (χ4v) is 4.62. The van der Waals surface area contributed by atoms with E-state index in [-0.39, 0.29) is 5.92 Å². The van der Waals surface area contributed by atoms with Crippen LogP contribution >= 0.6 is 15.9 Å².